The van der Waals surface area contributed by atoms with Gasteiger partial charge in [-0.25, -0.2) is 4.79 Å². The summed E-state index contributed by atoms with van der Waals surface area (Å²) in [5.74, 6) is -2.96. The summed E-state index contributed by atoms with van der Waals surface area (Å²) in [6.45, 7) is 3.72. The Hall–Kier alpha value is -2.79. The fourth-order valence-corrected chi connectivity index (χ4v) is 3.20. The zero-order valence-electron chi connectivity index (χ0n) is 15.7. The minimum absolute atomic E-state index is 0.00546. The van der Waals surface area contributed by atoms with Crippen molar-refractivity contribution in [2.45, 2.75) is 36.5 Å². The van der Waals surface area contributed by atoms with Crippen molar-refractivity contribution in [1.82, 2.24) is 10.6 Å². The lowest BCUT2D eigenvalue weighted by molar-refractivity contribution is -0.230. The van der Waals surface area contributed by atoms with Gasteiger partial charge in [-0.15, -0.1) is 0 Å². The Kier molecular flexibility index (Phi) is 5.22. The molecule has 2 bridgehead atoms. The van der Waals surface area contributed by atoms with Crippen molar-refractivity contribution in [2.24, 2.45) is 0 Å². The third kappa shape index (κ3) is 3.29. The SMILES string of the molecule is C=C1CCO[C@]2([C@@H](O)[C@@](C)(O)CO)NC(=O)[C@@]1(OC(=O)c1ccccc1)NC2=O. The van der Waals surface area contributed by atoms with Crippen LogP contribution in [0.2, 0.25) is 0 Å². The Bertz CT molecular complexity index is 855. The summed E-state index contributed by atoms with van der Waals surface area (Å²) < 4.78 is 10.8. The van der Waals surface area contributed by atoms with Gasteiger partial charge in [-0.3, -0.25) is 9.59 Å². The zero-order chi connectivity index (χ0) is 21.4. The van der Waals surface area contributed by atoms with Crippen LogP contribution in [0.5, 0.6) is 0 Å². The number of aliphatic hydroxyl groups is 3. The molecule has 0 aromatic heterocycles. The van der Waals surface area contributed by atoms with E-state index in [0.717, 1.165) is 6.92 Å². The summed E-state index contributed by atoms with van der Waals surface area (Å²) in [7, 11) is 0. The van der Waals surface area contributed by atoms with E-state index < -0.39 is 47.5 Å². The highest BCUT2D eigenvalue weighted by Crippen LogP contribution is 2.35. The van der Waals surface area contributed by atoms with E-state index in [0.29, 0.717) is 0 Å². The van der Waals surface area contributed by atoms with Crippen LogP contribution < -0.4 is 10.6 Å². The van der Waals surface area contributed by atoms with Crippen LogP contribution in [-0.2, 0) is 19.1 Å². The van der Waals surface area contributed by atoms with E-state index in [1.165, 1.54) is 12.1 Å². The average Bonchev–Trinajstić information content (AvgIpc) is 2.70. The Morgan fingerprint density at radius 1 is 1.31 bits per heavy atom. The number of hydrogen-bond donors (Lipinski definition) is 5. The van der Waals surface area contributed by atoms with Gasteiger partial charge in [-0.05, 0) is 31.1 Å². The van der Waals surface area contributed by atoms with Crippen LogP contribution in [0.25, 0.3) is 0 Å². The smallest absolute Gasteiger partial charge is 0.340 e. The number of rotatable bonds is 5. The summed E-state index contributed by atoms with van der Waals surface area (Å²) in [6.07, 6.45) is -2.02. The molecule has 0 radical (unpaired) electrons. The molecule has 10 heteroatoms. The lowest BCUT2D eigenvalue weighted by Gasteiger charge is -2.50. The van der Waals surface area contributed by atoms with Crippen LogP contribution in [0.4, 0.5) is 0 Å². The van der Waals surface area contributed by atoms with Gasteiger partial charge in [0.2, 0.25) is 0 Å². The maximum absolute atomic E-state index is 13.0. The van der Waals surface area contributed by atoms with E-state index in [9.17, 15) is 29.7 Å². The number of ether oxygens (including phenoxy) is 2. The van der Waals surface area contributed by atoms with E-state index in [2.05, 4.69) is 17.2 Å². The highest BCUT2D eigenvalue weighted by atomic mass is 16.6. The molecule has 10 nitrogen and oxygen atoms in total. The Morgan fingerprint density at radius 3 is 2.59 bits per heavy atom. The first kappa shape index (κ1) is 20.9. The average molecular weight is 406 g/mol. The monoisotopic (exact) mass is 406 g/mol. The molecule has 4 atom stereocenters. The van der Waals surface area contributed by atoms with Gasteiger partial charge in [0.15, 0.2) is 0 Å². The number of benzene rings is 1. The summed E-state index contributed by atoms with van der Waals surface area (Å²) in [4.78, 5) is 38.5. The first-order valence-electron chi connectivity index (χ1n) is 8.86. The van der Waals surface area contributed by atoms with Crippen LogP contribution in [0.1, 0.15) is 23.7 Å². The molecule has 29 heavy (non-hydrogen) atoms. The number of esters is 1. The summed E-state index contributed by atoms with van der Waals surface area (Å²) >= 11 is 0. The molecule has 1 aromatic rings. The van der Waals surface area contributed by atoms with Gasteiger partial charge in [0, 0.05) is 0 Å². The van der Waals surface area contributed by atoms with Crippen molar-refractivity contribution in [1.29, 1.82) is 0 Å². The highest BCUT2D eigenvalue weighted by Gasteiger charge is 2.65. The van der Waals surface area contributed by atoms with Crippen molar-refractivity contribution in [3.05, 3.63) is 48.0 Å². The van der Waals surface area contributed by atoms with Gasteiger partial charge in [-0.1, -0.05) is 24.8 Å². The Labute approximate surface area is 166 Å². The molecule has 0 aliphatic carbocycles. The number of carbonyl (C=O) groups is 3. The molecule has 1 aromatic carbocycles. The fraction of sp³-hybridized carbons (Fsp3) is 0.421. The van der Waals surface area contributed by atoms with Crippen LogP contribution in [0.3, 0.4) is 0 Å². The third-order valence-electron chi connectivity index (χ3n) is 5.03. The zero-order valence-corrected chi connectivity index (χ0v) is 15.7. The van der Waals surface area contributed by atoms with Gasteiger partial charge in [0.05, 0.1) is 18.8 Å². The van der Waals surface area contributed by atoms with Gasteiger partial charge in [-0.2, -0.15) is 0 Å². The molecule has 3 fully saturated rings. The number of amides is 2. The normalized spacial score (nSPS) is 29.7. The topological polar surface area (TPSA) is 154 Å². The number of fused-ring (bicyclic) bond motifs is 5. The van der Waals surface area contributed by atoms with Crippen molar-refractivity contribution in [2.75, 3.05) is 13.2 Å². The standard InChI is InChI=1S/C19H22N2O8/c1-11-8-9-28-19(14(24)17(2,27)10-22)16(26)20-18(11,15(25)21-19)29-13(23)12-6-4-3-5-7-12/h3-7,14,22,24,27H,1,8-10H2,2H3,(H,20,26)(H,21,25)/t14-,17-,18+,19-/m0/s1. The van der Waals surface area contributed by atoms with Gasteiger partial charge >= 0.3 is 5.97 Å². The first-order chi connectivity index (χ1) is 13.6. The summed E-state index contributed by atoms with van der Waals surface area (Å²) in [5.41, 5.74) is -6.59. The van der Waals surface area contributed by atoms with Crippen LogP contribution in [-0.4, -0.2) is 69.5 Å². The molecule has 4 rings (SSSR count). The number of aliphatic hydroxyl groups excluding tert-OH is 2. The Morgan fingerprint density at radius 2 is 1.97 bits per heavy atom. The van der Waals surface area contributed by atoms with Gasteiger partial charge in [0.1, 0.15) is 11.7 Å². The lowest BCUT2D eigenvalue weighted by atomic mass is 9.85. The number of hydrogen-bond acceptors (Lipinski definition) is 8. The lowest BCUT2D eigenvalue weighted by Crippen LogP contribution is -2.83. The molecule has 0 saturated carbocycles. The molecular weight excluding hydrogens is 384 g/mol. The number of piperazine rings is 1. The molecule has 3 heterocycles. The molecule has 156 valence electrons. The minimum Gasteiger partial charge on any atom is -0.421 e. The number of nitrogens with one attached hydrogen (secondary N) is 2. The molecule has 2 amide bonds. The summed E-state index contributed by atoms with van der Waals surface area (Å²) in [5, 5.41) is 34.6. The first-order valence-corrected chi connectivity index (χ1v) is 8.86. The maximum atomic E-state index is 13.0. The maximum Gasteiger partial charge on any atom is 0.340 e. The van der Waals surface area contributed by atoms with Crippen LogP contribution in [0, 0.1) is 0 Å². The molecule has 0 spiro atoms. The third-order valence-corrected chi connectivity index (χ3v) is 5.03. The quantitative estimate of drug-likeness (QED) is 0.294. The molecular formula is C19H22N2O8. The largest absolute Gasteiger partial charge is 0.421 e. The molecule has 0 unspecified atom stereocenters. The second-order valence-electron chi connectivity index (χ2n) is 7.20. The molecule has 5 N–H and O–H groups in total. The second-order valence-corrected chi connectivity index (χ2v) is 7.20. The van der Waals surface area contributed by atoms with Crippen molar-refractivity contribution >= 4 is 17.8 Å². The minimum atomic E-state index is -2.40. The summed E-state index contributed by atoms with van der Waals surface area (Å²) in [6, 6.07) is 7.85. The second kappa shape index (κ2) is 7.23. The van der Waals surface area contributed by atoms with Crippen molar-refractivity contribution in [3.63, 3.8) is 0 Å². The van der Waals surface area contributed by atoms with Gasteiger partial charge in [0.25, 0.3) is 23.3 Å². The van der Waals surface area contributed by atoms with E-state index in [1.807, 2.05) is 0 Å². The molecule has 3 saturated heterocycles. The number of carbonyl (C=O) groups excluding carboxylic acids is 3. The van der Waals surface area contributed by atoms with Gasteiger partial charge < -0.3 is 35.4 Å². The fourth-order valence-electron chi connectivity index (χ4n) is 3.20. The van der Waals surface area contributed by atoms with Crippen molar-refractivity contribution < 1.29 is 39.2 Å². The predicted molar refractivity (Wildman–Crippen MR) is 97.0 cm³/mol. The predicted octanol–water partition coefficient (Wildman–Crippen LogP) is -1.44. The van der Waals surface area contributed by atoms with Crippen LogP contribution >= 0.6 is 0 Å². The van der Waals surface area contributed by atoms with E-state index in [1.54, 1.807) is 18.2 Å². The Balaban J connectivity index is 1.99. The van der Waals surface area contributed by atoms with E-state index in [-0.39, 0.29) is 24.2 Å². The highest BCUT2D eigenvalue weighted by molar-refractivity contribution is 6.05. The van der Waals surface area contributed by atoms with Crippen LogP contribution in [0.15, 0.2) is 42.5 Å². The van der Waals surface area contributed by atoms with Crippen molar-refractivity contribution in [3.8, 4) is 0 Å². The molecule has 3 aliphatic heterocycles. The van der Waals surface area contributed by atoms with E-state index in [4.69, 9.17) is 9.47 Å². The molecule has 3 aliphatic rings. The van der Waals surface area contributed by atoms with E-state index >= 15 is 0 Å².